The molecule has 0 radical (unpaired) electrons. The van der Waals surface area contributed by atoms with Gasteiger partial charge in [0.15, 0.2) is 5.11 Å². The van der Waals surface area contributed by atoms with Gasteiger partial charge in [0, 0.05) is 22.4 Å². The molecule has 0 saturated carbocycles. The number of nitrogens with zero attached hydrogens (tertiary/aromatic N) is 2. The van der Waals surface area contributed by atoms with Crippen molar-refractivity contribution in [3.05, 3.63) is 55.4 Å². The predicted molar refractivity (Wildman–Crippen MR) is 105 cm³/mol. The van der Waals surface area contributed by atoms with Crippen LogP contribution in [0, 0.1) is 10.1 Å². The van der Waals surface area contributed by atoms with Crippen LogP contribution in [0.2, 0.25) is 0 Å². The van der Waals surface area contributed by atoms with Crippen LogP contribution in [-0.4, -0.2) is 33.3 Å². The first-order valence-electron chi connectivity index (χ1n) is 7.22. The van der Waals surface area contributed by atoms with Gasteiger partial charge >= 0.3 is 0 Å². The van der Waals surface area contributed by atoms with E-state index in [-0.39, 0.29) is 22.9 Å². The van der Waals surface area contributed by atoms with Crippen molar-refractivity contribution in [3.8, 4) is 11.1 Å². The number of nitrogens with one attached hydrogen (secondary N) is 1. The van der Waals surface area contributed by atoms with Gasteiger partial charge in [-0.2, -0.15) is 0 Å². The van der Waals surface area contributed by atoms with Crippen LogP contribution >= 0.6 is 34.9 Å². The molecule has 3 rings (SSSR count). The molecule has 10 heteroatoms. The fraction of sp³-hybridized carbons (Fsp3) is 0.0625. The molecule has 0 bridgehead atoms. The van der Waals surface area contributed by atoms with E-state index in [9.17, 15) is 19.7 Å². The Kier molecular flexibility index (Phi) is 5.07. The summed E-state index contributed by atoms with van der Waals surface area (Å²) in [4.78, 5) is 37.4. The van der Waals surface area contributed by atoms with Crippen molar-refractivity contribution in [2.24, 2.45) is 0 Å². The minimum atomic E-state index is -0.598. The summed E-state index contributed by atoms with van der Waals surface area (Å²) in [6.45, 7) is 3.74. The van der Waals surface area contributed by atoms with Crippen molar-refractivity contribution >= 4 is 63.6 Å². The molecule has 1 aliphatic heterocycles. The Morgan fingerprint density at radius 1 is 1.35 bits per heavy atom. The molecule has 3 heterocycles. The maximum Gasteiger partial charge on any atom is 0.287 e. The van der Waals surface area contributed by atoms with Gasteiger partial charge in [0.05, 0.1) is 15.9 Å². The molecule has 1 saturated heterocycles. The van der Waals surface area contributed by atoms with E-state index in [2.05, 4.69) is 11.9 Å². The summed E-state index contributed by atoms with van der Waals surface area (Å²) in [6.07, 6.45) is 2.95. The topological polar surface area (TPSA) is 92.6 Å². The largest absolute Gasteiger partial charge is 0.298 e. The quantitative estimate of drug-likeness (QED) is 0.206. The van der Waals surface area contributed by atoms with Gasteiger partial charge in [0.2, 0.25) is 0 Å². The molecule has 7 nitrogen and oxygen atoms in total. The van der Waals surface area contributed by atoms with Gasteiger partial charge in [-0.05, 0) is 29.7 Å². The molecule has 0 atom stereocenters. The van der Waals surface area contributed by atoms with E-state index in [1.54, 1.807) is 16.8 Å². The molecule has 0 unspecified atom stereocenters. The second-order valence-corrected chi connectivity index (χ2v) is 7.23. The molecule has 2 aromatic rings. The van der Waals surface area contributed by atoms with Crippen LogP contribution in [0.3, 0.4) is 0 Å². The van der Waals surface area contributed by atoms with Crippen molar-refractivity contribution in [1.82, 2.24) is 10.2 Å². The lowest BCUT2D eigenvalue weighted by Gasteiger charge is -2.27. The van der Waals surface area contributed by atoms with Crippen LogP contribution in [0.4, 0.5) is 5.69 Å². The number of hydrogen-bond donors (Lipinski definition) is 1. The Morgan fingerprint density at radius 3 is 2.81 bits per heavy atom. The van der Waals surface area contributed by atoms with Crippen LogP contribution < -0.4 is 5.32 Å². The highest BCUT2D eigenvalue weighted by Crippen LogP contribution is 2.38. The van der Waals surface area contributed by atoms with Crippen molar-refractivity contribution in [2.45, 2.75) is 0 Å². The smallest absolute Gasteiger partial charge is 0.287 e. The van der Waals surface area contributed by atoms with E-state index in [0.29, 0.717) is 16.0 Å². The Bertz CT molecular complexity index is 973. The Morgan fingerprint density at radius 2 is 2.12 bits per heavy atom. The molecular formula is C16H11N3O4S3. The number of thiophene rings is 2. The highest BCUT2D eigenvalue weighted by molar-refractivity contribution is 7.80. The summed E-state index contributed by atoms with van der Waals surface area (Å²) in [5.41, 5.74) is 0.957. The second-order valence-electron chi connectivity index (χ2n) is 5.15. The fourth-order valence-electron chi connectivity index (χ4n) is 2.41. The molecule has 2 aromatic heterocycles. The van der Waals surface area contributed by atoms with Gasteiger partial charge in [-0.1, -0.05) is 6.08 Å². The predicted octanol–water partition coefficient (Wildman–Crippen LogP) is 3.20. The summed E-state index contributed by atoms with van der Waals surface area (Å²) in [5.74, 6) is -1.13. The van der Waals surface area contributed by atoms with E-state index < -0.39 is 16.7 Å². The lowest BCUT2D eigenvalue weighted by Crippen LogP contribution is -2.53. The summed E-state index contributed by atoms with van der Waals surface area (Å²) < 4.78 is 0. The molecule has 0 aliphatic carbocycles. The number of carbonyl (C=O) groups excluding carboxylic acids is 2. The van der Waals surface area contributed by atoms with Crippen LogP contribution in [0.25, 0.3) is 17.2 Å². The third-order valence-corrected chi connectivity index (χ3v) is 5.51. The monoisotopic (exact) mass is 405 g/mol. The standard InChI is InChI=1S/C16H11N3O4S3/c1-2-4-18-15(21)10(14(20)17-16(18)24)6-13-9(3-5-26-13)11-7-25-8-12(11)19(22)23/h2-3,5-8H,1,4H2,(H,17,20,24). The maximum atomic E-state index is 12.6. The van der Waals surface area contributed by atoms with Gasteiger partial charge < -0.3 is 0 Å². The van der Waals surface area contributed by atoms with Crippen molar-refractivity contribution in [3.63, 3.8) is 0 Å². The zero-order valence-electron chi connectivity index (χ0n) is 13.1. The minimum absolute atomic E-state index is 0.0121. The number of carbonyl (C=O) groups is 2. The van der Waals surface area contributed by atoms with E-state index in [4.69, 9.17) is 12.2 Å². The molecule has 0 spiro atoms. The number of nitro groups is 1. The Hall–Kier alpha value is -2.69. The van der Waals surface area contributed by atoms with Gasteiger partial charge in [-0.3, -0.25) is 29.9 Å². The van der Waals surface area contributed by atoms with Gasteiger partial charge in [-0.15, -0.1) is 29.3 Å². The summed E-state index contributed by atoms with van der Waals surface area (Å²) in [6, 6.07) is 1.73. The molecule has 132 valence electrons. The first-order chi connectivity index (χ1) is 12.4. The molecule has 1 N–H and O–H groups in total. The van der Waals surface area contributed by atoms with E-state index >= 15 is 0 Å². The molecule has 1 aliphatic rings. The molecule has 26 heavy (non-hydrogen) atoms. The van der Waals surface area contributed by atoms with E-state index in [0.717, 1.165) is 0 Å². The number of hydrogen-bond acceptors (Lipinski definition) is 7. The van der Waals surface area contributed by atoms with Crippen LogP contribution in [0.1, 0.15) is 4.88 Å². The fourth-order valence-corrected chi connectivity index (χ4v) is 4.29. The lowest BCUT2D eigenvalue weighted by molar-refractivity contribution is -0.383. The number of rotatable bonds is 5. The molecule has 2 amide bonds. The van der Waals surface area contributed by atoms with Crippen LogP contribution in [-0.2, 0) is 9.59 Å². The first kappa shape index (κ1) is 18.1. The summed E-state index contributed by atoms with van der Waals surface area (Å²) >= 11 is 7.51. The molecular weight excluding hydrogens is 394 g/mol. The number of amides is 2. The first-order valence-corrected chi connectivity index (χ1v) is 9.45. The highest BCUT2D eigenvalue weighted by Gasteiger charge is 2.33. The maximum absolute atomic E-state index is 12.6. The Labute approximate surface area is 161 Å². The number of thiocarbonyl (C=S) groups is 1. The average Bonchev–Trinajstić information content (AvgIpc) is 3.23. The average molecular weight is 405 g/mol. The molecule has 0 aromatic carbocycles. The van der Waals surface area contributed by atoms with E-state index in [1.807, 2.05) is 0 Å². The normalized spacial score (nSPS) is 16.1. The SMILES string of the molecule is C=CCN1C(=O)C(=Cc2sccc2-c2cscc2[N+](=O)[O-])C(=O)NC1=S. The Balaban J connectivity index is 2.04. The summed E-state index contributed by atoms with van der Waals surface area (Å²) in [7, 11) is 0. The van der Waals surface area contributed by atoms with Crippen molar-refractivity contribution < 1.29 is 14.5 Å². The molecule has 1 fully saturated rings. The van der Waals surface area contributed by atoms with Gasteiger partial charge in [0.1, 0.15) is 5.57 Å². The zero-order valence-corrected chi connectivity index (χ0v) is 15.6. The van der Waals surface area contributed by atoms with Crippen LogP contribution in [0.15, 0.2) is 40.4 Å². The van der Waals surface area contributed by atoms with Gasteiger partial charge in [-0.25, -0.2) is 0 Å². The second kappa shape index (κ2) is 7.28. The van der Waals surface area contributed by atoms with Gasteiger partial charge in [0.25, 0.3) is 17.5 Å². The highest BCUT2D eigenvalue weighted by atomic mass is 32.1. The van der Waals surface area contributed by atoms with Crippen molar-refractivity contribution in [1.29, 1.82) is 0 Å². The minimum Gasteiger partial charge on any atom is -0.298 e. The third-order valence-electron chi connectivity index (χ3n) is 3.60. The summed E-state index contributed by atoms with van der Waals surface area (Å²) in [5, 5.41) is 18.6. The van der Waals surface area contributed by atoms with Crippen LogP contribution in [0.5, 0.6) is 0 Å². The zero-order chi connectivity index (χ0) is 18.8. The van der Waals surface area contributed by atoms with Crippen molar-refractivity contribution in [2.75, 3.05) is 6.54 Å². The lowest BCUT2D eigenvalue weighted by atomic mass is 10.1. The third kappa shape index (κ3) is 3.21. The van der Waals surface area contributed by atoms with E-state index in [1.165, 1.54) is 45.1 Å².